The van der Waals surface area contributed by atoms with Crippen molar-refractivity contribution >= 4 is 23.3 Å². The summed E-state index contributed by atoms with van der Waals surface area (Å²) in [4.78, 5) is 34.2. The number of amides is 1. The standard InChI is InChI=1S/C18H18N2O7/c1-11-8-12(4-6-14(11)20(23)24)18(22)27-10-17(21)19-13-5-7-15(25-2)16(9-13)26-3/h4-9H,10H2,1-3H3,(H,19,21). The van der Waals surface area contributed by atoms with Gasteiger partial charge in [-0.05, 0) is 31.2 Å². The Morgan fingerprint density at radius 1 is 1.07 bits per heavy atom. The number of carbonyl (C=O) groups is 2. The number of esters is 1. The van der Waals surface area contributed by atoms with Crippen molar-refractivity contribution in [3.63, 3.8) is 0 Å². The average molecular weight is 374 g/mol. The van der Waals surface area contributed by atoms with E-state index in [9.17, 15) is 19.7 Å². The number of nitro groups is 1. The number of rotatable bonds is 7. The summed E-state index contributed by atoms with van der Waals surface area (Å²) in [6, 6.07) is 8.64. The Kier molecular flexibility index (Phi) is 6.32. The van der Waals surface area contributed by atoms with Gasteiger partial charge in [0, 0.05) is 23.4 Å². The summed E-state index contributed by atoms with van der Waals surface area (Å²) in [5.74, 6) is -0.353. The summed E-state index contributed by atoms with van der Waals surface area (Å²) >= 11 is 0. The number of hydrogen-bond acceptors (Lipinski definition) is 7. The highest BCUT2D eigenvalue weighted by molar-refractivity contribution is 5.95. The number of nitrogens with one attached hydrogen (secondary N) is 1. The molecule has 0 fully saturated rings. The second-order valence-corrected chi connectivity index (χ2v) is 5.45. The first-order valence-corrected chi connectivity index (χ1v) is 7.79. The maximum Gasteiger partial charge on any atom is 0.338 e. The molecule has 0 radical (unpaired) electrons. The molecule has 0 atom stereocenters. The fourth-order valence-corrected chi connectivity index (χ4v) is 2.31. The Labute approximate surface area is 155 Å². The first kappa shape index (κ1) is 19.7. The molecule has 2 aromatic carbocycles. The van der Waals surface area contributed by atoms with E-state index in [1.54, 1.807) is 18.2 Å². The van der Waals surface area contributed by atoms with Crippen molar-refractivity contribution in [1.82, 2.24) is 0 Å². The van der Waals surface area contributed by atoms with Gasteiger partial charge in [-0.1, -0.05) is 0 Å². The van der Waals surface area contributed by atoms with Gasteiger partial charge in [0.1, 0.15) is 0 Å². The van der Waals surface area contributed by atoms with E-state index < -0.39 is 23.4 Å². The van der Waals surface area contributed by atoms with Gasteiger partial charge in [-0.15, -0.1) is 0 Å². The third-order valence-corrected chi connectivity index (χ3v) is 3.63. The van der Waals surface area contributed by atoms with Gasteiger partial charge in [0.15, 0.2) is 18.1 Å². The van der Waals surface area contributed by atoms with E-state index in [0.29, 0.717) is 22.7 Å². The zero-order valence-electron chi connectivity index (χ0n) is 15.0. The first-order chi connectivity index (χ1) is 12.8. The molecule has 1 amide bonds. The minimum atomic E-state index is -0.754. The predicted octanol–water partition coefficient (Wildman–Crippen LogP) is 2.72. The van der Waals surface area contributed by atoms with E-state index in [2.05, 4.69) is 5.32 Å². The molecule has 0 bridgehead atoms. The number of nitro benzene ring substituents is 1. The number of carbonyl (C=O) groups excluding carboxylic acids is 2. The number of methoxy groups -OCH3 is 2. The van der Waals surface area contributed by atoms with Gasteiger partial charge in [0.05, 0.1) is 24.7 Å². The number of anilines is 1. The lowest BCUT2D eigenvalue weighted by atomic mass is 10.1. The van der Waals surface area contributed by atoms with Crippen molar-refractivity contribution in [2.75, 3.05) is 26.1 Å². The summed E-state index contributed by atoms with van der Waals surface area (Å²) in [7, 11) is 2.97. The molecule has 9 nitrogen and oxygen atoms in total. The van der Waals surface area contributed by atoms with E-state index in [1.807, 2.05) is 0 Å². The van der Waals surface area contributed by atoms with Crippen molar-refractivity contribution in [3.05, 3.63) is 57.6 Å². The lowest BCUT2D eigenvalue weighted by molar-refractivity contribution is -0.385. The molecular formula is C18H18N2O7. The number of nitrogens with zero attached hydrogens (tertiary/aromatic N) is 1. The number of aryl methyl sites for hydroxylation is 1. The summed E-state index contributed by atoms with van der Waals surface area (Å²) in [5.41, 5.74) is 0.791. The Balaban J connectivity index is 1.96. The number of benzene rings is 2. The molecule has 0 aliphatic carbocycles. The zero-order valence-corrected chi connectivity index (χ0v) is 15.0. The fraction of sp³-hybridized carbons (Fsp3) is 0.222. The van der Waals surface area contributed by atoms with Gasteiger partial charge in [-0.3, -0.25) is 14.9 Å². The van der Waals surface area contributed by atoms with Crippen LogP contribution in [0, 0.1) is 17.0 Å². The topological polar surface area (TPSA) is 117 Å². The zero-order chi connectivity index (χ0) is 20.0. The molecule has 0 unspecified atom stereocenters. The van der Waals surface area contributed by atoms with E-state index in [4.69, 9.17) is 14.2 Å². The number of ether oxygens (including phenoxy) is 3. The van der Waals surface area contributed by atoms with Gasteiger partial charge in [0.2, 0.25) is 0 Å². The van der Waals surface area contributed by atoms with Gasteiger partial charge in [-0.25, -0.2) is 4.79 Å². The molecular weight excluding hydrogens is 356 g/mol. The van der Waals surface area contributed by atoms with Crippen LogP contribution < -0.4 is 14.8 Å². The second-order valence-electron chi connectivity index (χ2n) is 5.45. The van der Waals surface area contributed by atoms with E-state index in [-0.39, 0.29) is 11.3 Å². The second kappa shape index (κ2) is 8.65. The van der Waals surface area contributed by atoms with Crippen LogP contribution in [0.4, 0.5) is 11.4 Å². The first-order valence-electron chi connectivity index (χ1n) is 7.79. The molecule has 0 aromatic heterocycles. The lowest BCUT2D eigenvalue weighted by Gasteiger charge is -2.11. The van der Waals surface area contributed by atoms with Gasteiger partial charge >= 0.3 is 5.97 Å². The van der Waals surface area contributed by atoms with Crippen LogP contribution in [0.5, 0.6) is 11.5 Å². The summed E-state index contributed by atoms with van der Waals surface area (Å²) in [5, 5.41) is 13.4. The summed E-state index contributed by atoms with van der Waals surface area (Å²) in [6.07, 6.45) is 0. The van der Waals surface area contributed by atoms with Crippen LogP contribution in [0.25, 0.3) is 0 Å². The normalized spacial score (nSPS) is 10.0. The van der Waals surface area contributed by atoms with Crippen LogP contribution in [0.3, 0.4) is 0 Å². The Bertz CT molecular complexity index is 880. The number of hydrogen-bond donors (Lipinski definition) is 1. The van der Waals surface area contributed by atoms with Crippen molar-refractivity contribution in [3.8, 4) is 11.5 Å². The highest BCUT2D eigenvalue weighted by Gasteiger charge is 2.16. The fourth-order valence-electron chi connectivity index (χ4n) is 2.31. The minimum Gasteiger partial charge on any atom is -0.493 e. The van der Waals surface area contributed by atoms with Crippen molar-refractivity contribution in [2.24, 2.45) is 0 Å². The van der Waals surface area contributed by atoms with E-state index in [1.165, 1.54) is 39.3 Å². The molecule has 0 heterocycles. The molecule has 0 aliphatic rings. The smallest absolute Gasteiger partial charge is 0.338 e. The third kappa shape index (κ3) is 4.94. The van der Waals surface area contributed by atoms with Crippen LogP contribution in [-0.2, 0) is 9.53 Å². The SMILES string of the molecule is COc1ccc(NC(=O)COC(=O)c2ccc([N+](=O)[O-])c(C)c2)cc1OC. The monoisotopic (exact) mass is 374 g/mol. The van der Waals surface area contributed by atoms with E-state index in [0.717, 1.165) is 0 Å². The molecule has 2 rings (SSSR count). The highest BCUT2D eigenvalue weighted by Crippen LogP contribution is 2.29. The summed E-state index contributed by atoms with van der Waals surface area (Å²) < 4.78 is 15.2. The molecule has 142 valence electrons. The minimum absolute atomic E-state index is 0.0993. The molecule has 0 aliphatic heterocycles. The van der Waals surface area contributed by atoms with Crippen LogP contribution in [0.1, 0.15) is 15.9 Å². The maximum atomic E-state index is 12.0. The average Bonchev–Trinajstić information content (AvgIpc) is 2.65. The van der Waals surface area contributed by atoms with Crippen molar-refractivity contribution in [1.29, 1.82) is 0 Å². The molecule has 1 N–H and O–H groups in total. The molecule has 2 aromatic rings. The molecule has 27 heavy (non-hydrogen) atoms. The quantitative estimate of drug-likeness (QED) is 0.450. The van der Waals surface area contributed by atoms with Gasteiger partial charge in [0.25, 0.3) is 11.6 Å². The Morgan fingerprint density at radius 2 is 1.78 bits per heavy atom. The van der Waals surface area contributed by atoms with E-state index >= 15 is 0 Å². The van der Waals surface area contributed by atoms with Crippen LogP contribution in [0.2, 0.25) is 0 Å². The predicted molar refractivity (Wildman–Crippen MR) is 96.3 cm³/mol. The molecule has 0 saturated carbocycles. The van der Waals surface area contributed by atoms with Crippen LogP contribution in [-0.4, -0.2) is 37.6 Å². The molecule has 0 saturated heterocycles. The maximum absolute atomic E-state index is 12.0. The molecule has 0 spiro atoms. The van der Waals surface area contributed by atoms with Gasteiger partial charge < -0.3 is 19.5 Å². The lowest BCUT2D eigenvalue weighted by Crippen LogP contribution is -2.21. The highest BCUT2D eigenvalue weighted by atomic mass is 16.6. The van der Waals surface area contributed by atoms with Crippen molar-refractivity contribution < 1.29 is 28.7 Å². The largest absolute Gasteiger partial charge is 0.493 e. The molecule has 9 heteroatoms. The van der Waals surface area contributed by atoms with Gasteiger partial charge in [-0.2, -0.15) is 0 Å². The van der Waals surface area contributed by atoms with Crippen molar-refractivity contribution in [2.45, 2.75) is 6.92 Å². The Morgan fingerprint density at radius 3 is 2.37 bits per heavy atom. The van der Waals surface area contributed by atoms with Crippen LogP contribution >= 0.6 is 0 Å². The third-order valence-electron chi connectivity index (χ3n) is 3.63. The summed E-state index contributed by atoms with van der Waals surface area (Å²) in [6.45, 7) is 1.00. The van der Waals surface area contributed by atoms with Crippen LogP contribution in [0.15, 0.2) is 36.4 Å². The Hall–Kier alpha value is -3.62.